The molecule has 0 aromatic heterocycles. The summed E-state index contributed by atoms with van der Waals surface area (Å²) in [6, 6.07) is 8.59. The molecule has 10 nitrogen and oxygen atoms in total. The zero-order valence-corrected chi connectivity index (χ0v) is 16.2. The van der Waals surface area contributed by atoms with Gasteiger partial charge < -0.3 is 31.1 Å². The maximum absolute atomic E-state index is 12.8. The van der Waals surface area contributed by atoms with Crippen molar-refractivity contribution < 1.29 is 29.0 Å². The molecular weight excluding hydrogens is 392 g/mol. The van der Waals surface area contributed by atoms with Crippen LogP contribution in [0.3, 0.4) is 0 Å². The number of primary amides is 1. The number of nitrogens with one attached hydrogen (secondary N) is 2. The van der Waals surface area contributed by atoms with E-state index in [1.807, 2.05) is 30.3 Å². The highest BCUT2D eigenvalue weighted by Crippen LogP contribution is 2.18. The minimum atomic E-state index is -1.43. The molecule has 0 bridgehead atoms. The topological polar surface area (TPSA) is 151 Å². The van der Waals surface area contributed by atoms with Crippen LogP contribution < -0.4 is 16.4 Å². The van der Waals surface area contributed by atoms with E-state index in [2.05, 4.69) is 15.4 Å². The third-order valence-corrected chi connectivity index (χ3v) is 4.95. The first-order chi connectivity index (χ1) is 14.3. The molecule has 0 spiro atoms. The number of esters is 1. The smallest absolute Gasteiger partial charge is 0.310 e. The van der Waals surface area contributed by atoms with Gasteiger partial charge in [0.25, 0.3) is 0 Å². The van der Waals surface area contributed by atoms with E-state index >= 15 is 0 Å². The first-order valence-corrected chi connectivity index (χ1v) is 9.55. The third-order valence-electron chi connectivity index (χ3n) is 4.95. The Morgan fingerprint density at radius 3 is 2.60 bits per heavy atom. The van der Waals surface area contributed by atoms with Crippen LogP contribution in [0.25, 0.3) is 0 Å². The van der Waals surface area contributed by atoms with E-state index < -0.39 is 41.9 Å². The van der Waals surface area contributed by atoms with Gasteiger partial charge in [0, 0.05) is 18.8 Å². The van der Waals surface area contributed by atoms with Gasteiger partial charge >= 0.3 is 5.97 Å². The number of carbonyl (C=O) groups excluding carboxylic acids is 4. The number of hydrogen-bond acceptors (Lipinski definition) is 7. The highest BCUT2D eigenvalue weighted by Gasteiger charge is 2.36. The molecule has 0 radical (unpaired) electrons. The van der Waals surface area contributed by atoms with Crippen molar-refractivity contribution >= 4 is 29.4 Å². The van der Waals surface area contributed by atoms with E-state index in [9.17, 15) is 24.3 Å². The number of nitrogens with zero attached hydrogens (tertiary/aromatic N) is 1. The van der Waals surface area contributed by atoms with Crippen molar-refractivity contribution in [3.63, 3.8) is 0 Å². The summed E-state index contributed by atoms with van der Waals surface area (Å²) < 4.78 is 4.59. The summed E-state index contributed by atoms with van der Waals surface area (Å²) in [5, 5.41) is 15.3. The molecular formula is C20H24N4O6. The lowest BCUT2D eigenvalue weighted by atomic mass is 10.0. The molecule has 2 aliphatic heterocycles. The van der Waals surface area contributed by atoms with Gasteiger partial charge in [-0.05, 0) is 24.1 Å². The normalized spacial score (nSPS) is 24.0. The minimum absolute atomic E-state index is 0.137. The molecule has 3 rings (SSSR count). The van der Waals surface area contributed by atoms with Crippen LogP contribution in [0.4, 0.5) is 5.69 Å². The molecule has 5 N–H and O–H groups in total. The van der Waals surface area contributed by atoms with Gasteiger partial charge in [0.2, 0.25) is 24.0 Å². The maximum atomic E-state index is 12.8. The predicted octanol–water partition coefficient (Wildman–Crippen LogP) is -0.891. The van der Waals surface area contributed by atoms with Crippen LogP contribution in [0, 0.1) is 5.92 Å². The van der Waals surface area contributed by atoms with E-state index in [4.69, 9.17) is 5.73 Å². The summed E-state index contributed by atoms with van der Waals surface area (Å²) in [7, 11) is 0. The Bertz CT molecular complexity index is 856. The van der Waals surface area contributed by atoms with E-state index in [1.165, 1.54) is 4.90 Å². The molecule has 160 valence electrons. The van der Waals surface area contributed by atoms with Gasteiger partial charge in [-0.1, -0.05) is 24.3 Å². The fourth-order valence-electron chi connectivity index (χ4n) is 3.36. The van der Waals surface area contributed by atoms with E-state index in [1.54, 1.807) is 6.08 Å². The summed E-state index contributed by atoms with van der Waals surface area (Å²) in [5.74, 6) is -3.56. The zero-order valence-electron chi connectivity index (χ0n) is 16.2. The second-order valence-electron chi connectivity index (χ2n) is 7.23. The molecule has 3 atom stereocenters. The summed E-state index contributed by atoms with van der Waals surface area (Å²) in [6.45, 7) is 0.214. The zero-order chi connectivity index (χ0) is 21.7. The number of allylic oxidation sites excluding steroid dienone is 1. The van der Waals surface area contributed by atoms with Crippen molar-refractivity contribution in [3.05, 3.63) is 42.0 Å². The monoisotopic (exact) mass is 416 g/mol. The Balaban J connectivity index is 1.66. The Morgan fingerprint density at radius 1 is 1.23 bits per heavy atom. The van der Waals surface area contributed by atoms with Crippen molar-refractivity contribution in [2.75, 3.05) is 25.0 Å². The first-order valence-electron chi connectivity index (χ1n) is 9.55. The van der Waals surface area contributed by atoms with Crippen LogP contribution in [0.1, 0.15) is 12.8 Å². The Hall–Kier alpha value is -3.40. The molecule has 0 saturated carbocycles. The van der Waals surface area contributed by atoms with Crippen molar-refractivity contribution in [2.45, 2.75) is 25.2 Å². The summed E-state index contributed by atoms with van der Waals surface area (Å²) in [6.07, 6.45) is 0.359. The minimum Gasteiger partial charge on any atom is -0.434 e. The van der Waals surface area contributed by atoms with E-state index in [-0.39, 0.29) is 25.9 Å². The van der Waals surface area contributed by atoms with E-state index in [0.717, 1.165) is 11.3 Å². The second-order valence-corrected chi connectivity index (χ2v) is 7.23. The highest BCUT2D eigenvalue weighted by atomic mass is 16.6. The molecule has 1 saturated heterocycles. The predicted molar refractivity (Wildman–Crippen MR) is 106 cm³/mol. The van der Waals surface area contributed by atoms with Crippen LogP contribution >= 0.6 is 0 Å². The number of para-hydroxylation sites is 1. The Kier molecular flexibility index (Phi) is 6.68. The lowest BCUT2D eigenvalue weighted by molar-refractivity contribution is -0.155. The Morgan fingerprint density at radius 2 is 1.97 bits per heavy atom. The van der Waals surface area contributed by atoms with E-state index in [0.29, 0.717) is 6.54 Å². The fourth-order valence-corrected chi connectivity index (χ4v) is 3.36. The number of nitrogens with two attached hydrogens (primary N) is 1. The highest BCUT2D eigenvalue weighted by molar-refractivity contribution is 6.01. The number of ether oxygens (including phenoxy) is 1. The van der Waals surface area contributed by atoms with Gasteiger partial charge in [-0.15, -0.1) is 0 Å². The number of rotatable bonds is 7. The molecule has 10 heteroatoms. The molecule has 1 aromatic carbocycles. The molecule has 2 heterocycles. The van der Waals surface area contributed by atoms with Crippen LogP contribution in [0.15, 0.2) is 42.0 Å². The van der Waals surface area contributed by atoms with Gasteiger partial charge in [-0.25, -0.2) is 0 Å². The summed E-state index contributed by atoms with van der Waals surface area (Å²) >= 11 is 0. The van der Waals surface area contributed by atoms with Gasteiger partial charge in [-0.3, -0.25) is 19.2 Å². The molecule has 1 aromatic rings. The molecule has 1 fully saturated rings. The number of carbonyl (C=O) groups is 4. The van der Waals surface area contributed by atoms with Crippen LogP contribution in [0.2, 0.25) is 0 Å². The number of aliphatic hydroxyl groups is 1. The number of hydrogen-bond donors (Lipinski definition) is 4. The van der Waals surface area contributed by atoms with Crippen LogP contribution in [0.5, 0.6) is 0 Å². The standard InChI is InChI=1S/C20H24N4O6/c21-18(27)14-7-6-12(9-22-13-4-2-1-3-5-13)10-24(19(14)28)11-16(25)23-15-8-17(26)30-20(15)29/h1-6,14-15,20,22,29H,7-11H2,(H2,21,27)(H,23,25). The van der Waals surface area contributed by atoms with Crippen molar-refractivity contribution in [2.24, 2.45) is 11.7 Å². The van der Waals surface area contributed by atoms with Gasteiger partial charge in [0.1, 0.15) is 12.0 Å². The second kappa shape index (κ2) is 9.40. The fraction of sp³-hybridized carbons (Fsp3) is 0.400. The quantitative estimate of drug-likeness (QED) is 0.256. The number of anilines is 1. The van der Waals surface area contributed by atoms with Crippen LogP contribution in [-0.2, 0) is 23.9 Å². The van der Waals surface area contributed by atoms with Crippen molar-refractivity contribution in [1.29, 1.82) is 0 Å². The average Bonchev–Trinajstić information content (AvgIpc) is 2.92. The van der Waals surface area contributed by atoms with Crippen LogP contribution in [-0.4, -0.2) is 65.7 Å². The van der Waals surface area contributed by atoms with Crippen molar-refractivity contribution in [1.82, 2.24) is 10.2 Å². The maximum Gasteiger partial charge on any atom is 0.310 e. The van der Waals surface area contributed by atoms with Gasteiger partial charge in [-0.2, -0.15) is 0 Å². The largest absolute Gasteiger partial charge is 0.434 e. The Labute approximate surface area is 173 Å². The third kappa shape index (κ3) is 5.35. The summed E-state index contributed by atoms with van der Waals surface area (Å²) in [5.41, 5.74) is 7.09. The molecule has 30 heavy (non-hydrogen) atoms. The molecule has 3 amide bonds. The van der Waals surface area contributed by atoms with Gasteiger partial charge in [0.05, 0.1) is 13.0 Å². The average molecular weight is 416 g/mol. The number of aliphatic hydroxyl groups excluding tert-OH is 1. The molecule has 0 aliphatic carbocycles. The number of cyclic esters (lactones) is 1. The SMILES string of the molecule is NC(=O)C1CC=C(CNc2ccccc2)CN(CC(=O)NC2CC(=O)OC2O)C1=O. The van der Waals surface area contributed by atoms with Gasteiger partial charge in [0.15, 0.2) is 0 Å². The summed E-state index contributed by atoms with van der Waals surface area (Å²) in [4.78, 5) is 49.4. The lowest BCUT2D eigenvalue weighted by Gasteiger charge is -2.25. The first kappa shape index (κ1) is 21.3. The molecule has 2 aliphatic rings. The van der Waals surface area contributed by atoms with Crippen molar-refractivity contribution in [3.8, 4) is 0 Å². The number of amides is 3. The number of benzene rings is 1. The molecule has 3 unspecified atom stereocenters. The lowest BCUT2D eigenvalue weighted by Crippen LogP contribution is -2.49.